The average molecular weight is 192 g/mol. The van der Waals surface area contributed by atoms with Gasteiger partial charge in [0.25, 0.3) is 0 Å². The fraction of sp³-hybridized carbons (Fsp3) is 0.100. The Hall–Kier alpha value is -1.97. The number of carbonyl (C=O) groups is 3. The van der Waals surface area contributed by atoms with Gasteiger partial charge in [-0.1, -0.05) is 18.2 Å². The van der Waals surface area contributed by atoms with Crippen molar-refractivity contribution in [2.75, 3.05) is 0 Å². The molecule has 4 heteroatoms. The summed E-state index contributed by atoms with van der Waals surface area (Å²) >= 11 is 0. The lowest BCUT2D eigenvalue weighted by Crippen LogP contribution is -2.11. The first-order valence-electron chi connectivity index (χ1n) is 3.92. The van der Waals surface area contributed by atoms with E-state index >= 15 is 0 Å². The van der Waals surface area contributed by atoms with Gasteiger partial charge in [0, 0.05) is 12.5 Å². The van der Waals surface area contributed by atoms with Crippen molar-refractivity contribution in [3.63, 3.8) is 0 Å². The number of esters is 2. The van der Waals surface area contributed by atoms with E-state index in [0.717, 1.165) is 6.92 Å². The van der Waals surface area contributed by atoms with E-state index in [-0.39, 0.29) is 11.1 Å². The largest absolute Gasteiger partial charge is 0.390 e. The van der Waals surface area contributed by atoms with Crippen LogP contribution in [0.15, 0.2) is 24.3 Å². The van der Waals surface area contributed by atoms with Gasteiger partial charge in [0.05, 0.1) is 5.56 Å². The molecular weight excluding hydrogens is 184 g/mol. The predicted molar refractivity (Wildman–Crippen MR) is 47.9 cm³/mol. The van der Waals surface area contributed by atoms with Crippen LogP contribution in [0.25, 0.3) is 0 Å². The molecule has 0 saturated carbocycles. The Morgan fingerprint density at radius 1 is 1.29 bits per heavy atom. The summed E-state index contributed by atoms with van der Waals surface area (Å²) in [5.41, 5.74) is 0.302. The zero-order valence-electron chi connectivity index (χ0n) is 7.52. The third kappa shape index (κ3) is 2.26. The highest BCUT2D eigenvalue weighted by Gasteiger charge is 2.13. The molecule has 0 unspecified atom stereocenters. The van der Waals surface area contributed by atoms with Crippen molar-refractivity contribution in [2.45, 2.75) is 6.92 Å². The summed E-state index contributed by atoms with van der Waals surface area (Å²) in [5.74, 6) is -1.50. The van der Waals surface area contributed by atoms with Crippen LogP contribution in [0.5, 0.6) is 0 Å². The molecule has 0 fully saturated rings. The Labute approximate surface area is 80.5 Å². The fourth-order valence-electron chi connectivity index (χ4n) is 0.971. The molecule has 0 spiro atoms. The normalized spacial score (nSPS) is 9.21. The van der Waals surface area contributed by atoms with Gasteiger partial charge in [-0.2, -0.15) is 0 Å². The average Bonchev–Trinajstić information content (AvgIpc) is 2.16. The van der Waals surface area contributed by atoms with E-state index in [1.807, 2.05) is 0 Å². The van der Waals surface area contributed by atoms with Gasteiger partial charge in [-0.15, -0.1) is 0 Å². The van der Waals surface area contributed by atoms with E-state index in [0.29, 0.717) is 6.29 Å². The first kappa shape index (κ1) is 10.1. The summed E-state index contributed by atoms with van der Waals surface area (Å²) < 4.78 is 4.34. The van der Waals surface area contributed by atoms with E-state index in [4.69, 9.17) is 0 Å². The maximum Gasteiger partial charge on any atom is 0.346 e. The molecule has 0 aromatic heterocycles. The summed E-state index contributed by atoms with van der Waals surface area (Å²) in [6, 6.07) is 6.11. The number of benzene rings is 1. The molecule has 1 rings (SSSR count). The Morgan fingerprint density at radius 3 is 2.50 bits per heavy atom. The highest BCUT2D eigenvalue weighted by atomic mass is 16.6. The summed E-state index contributed by atoms with van der Waals surface area (Å²) in [4.78, 5) is 32.3. The molecule has 0 N–H and O–H groups in total. The van der Waals surface area contributed by atoms with Crippen LogP contribution >= 0.6 is 0 Å². The van der Waals surface area contributed by atoms with Crippen molar-refractivity contribution in [3.8, 4) is 0 Å². The molecule has 0 radical (unpaired) electrons. The Morgan fingerprint density at radius 2 is 1.93 bits per heavy atom. The minimum Gasteiger partial charge on any atom is -0.390 e. The quantitative estimate of drug-likeness (QED) is 0.401. The van der Waals surface area contributed by atoms with E-state index < -0.39 is 11.9 Å². The fourth-order valence-corrected chi connectivity index (χ4v) is 0.971. The van der Waals surface area contributed by atoms with Crippen LogP contribution in [0, 0.1) is 0 Å². The summed E-state index contributed by atoms with van der Waals surface area (Å²) in [5, 5.41) is 0. The standard InChI is InChI=1S/C10H8O4/c1-7(12)14-10(13)9-5-3-2-4-8(9)6-11/h2-6H,1H3. The van der Waals surface area contributed by atoms with Crippen LogP contribution in [0.1, 0.15) is 27.6 Å². The van der Waals surface area contributed by atoms with Crippen LogP contribution in [0.4, 0.5) is 0 Å². The Balaban J connectivity index is 2.99. The molecule has 0 heterocycles. The van der Waals surface area contributed by atoms with Crippen molar-refractivity contribution in [3.05, 3.63) is 35.4 Å². The first-order valence-corrected chi connectivity index (χ1v) is 3.92. The van der Waals surface area contributed by atoms with Gasteiger partial charge in [0.15, 0.2) is 6.29 Å². The van der Waals surface area contributed by atoms with Crippen LogP contribution < -0.4 is 0 Å². The maximum absolute atomic E-state index is 11.2. The topological polar surface area (TPSA) is 60.4 Å². The van der Waals surface area contributed by atoms with Crippen LogP contribution in [-0.2, 0) is 9.53 Å². The number of hydrogen-bond donors (Lipinski definition) is 0. The van der Waals surface area contributed by atoms with Crippen molar-refractivity contribution in [1.29, 1.82) is 0 Å². The number of rotatable bonds is 2. The summed E-state index contributed by atoms with van der Waals surface area (Å²) in [7, 11) is 0. The molecule has 4 nitrogen and oxygen atoms in total. The first-order chi connectivity index (χ1) is 6.65. The highest BCUT2D eigenvalue weighted by Crippen LogP contribution is 2.07. The lowest BCUT2D eigenvalue weighted by Gasteiger charge is -2.01. The second-order valence-electron chi connectivity index (χ2n) is 2.59. The lowest BCUT2D eigenvalue weighted by molar-refractivity contribution is -0.135. The summed E-state index contributed by atoms with van der Waals surface area (Å²) in [6.07, 6.45) is 0.538. The van der Waals surface area contributed by atoms with Crippen LogP contribution in [0.3, 0.4) is 0 Å². The highest BCUT2D eigenvalue weighted by molar-refractivity contribution is 6.02. The van der Waals surface area contributed by atoms with E-state index in [1.54, 1.807) is 12.1 Å². The Kier molecular flexibility index (Phi) is 3.12. The van der Waals surface area contributed by atoms with Gasteiger partial charge in [-0.25, -0.2) is 4.79 Å². The molecule has 1 aromatic rings. The van der Waals surface area contributed by atoms with Gasteiger partial charge in [0.2, 0.25) is 0 Å². The maximum atomic E-state index is 11.2. The van der Waals surface area contributed by atoms with Gasteiger partial charge in [-0.05, 0) is 6.07 Å². The zero-order valence-corrected chi connectivity index (χ0v) is 7.52. The van der Waals surface area contributed by atoms with Gasteiger partial charge in [-0.3, -0.25) is 9.59 Å². The van der Waals surface area contributed by atoms with E-state index in [2.05, 4.69) is 4.74 Å². The molecule has 1 aromatic carbocycles. The van der Waals surface area contributed by atoms with Crippen molar-refractivity contribution >= 4 is 18.2 Å². The number of ether oxygens (including phenoxy) is 1. The van der Waals surface area contributed by atoms with Crippen molar-refractivity contribution < 1.29 is 19.1 Å². The van der Waals surface area contributed by atoms with Crippen LogP contribution in [-0.4, -0.2) is 18.2 Å². The van der Waals surface area contributed by atoms with E-state index in [9.17, 15) is 14.4 Å². The predicted octanol–water partition coefficient (Wildman–Crippen LogP) is 1.20. The second-order valence-corrected chi connectivity index (χ2v) is 2.59. The lowest BCUT2D eigenvalue weighted by atomic mass is 10.1. The molecule has 0 saturated heterocycles. The molecule has 0 aliphatic carbocycles. The monoisotopic (exact) mass is 192 g/mol. The molecular formula is C10H8O4. The molecule has 72 valence electrons. The third-order valence-electron chi connectivity index (χ3n) is 1.54. The third-order valence-corrected chi connectivity index (χ3v) is 1.54. The molecule has 0 bridgehead atoms. The van der Waals surface area contributed by atoms with E-state index in [1.165, 1.54) is 12.1 Å². The number of aldehydes is 1. The van der Waals surface area contributed by atoms with Gasteiger partial charge in [0.1, 0.15) is 0 Å². The summed E-state index contributed by atoms with van der Waals surface area (Å²) in [6.45, 7) is 1.13. The molecule has 14 heavy (non-hydrogen) atoms. The van der Waals surface area contributed by atoms with Crippen molar-refractivity contribution in [2.24, 2.45) is 0 Å². The molecule has 0 amide bonds. The molecule has 0 aliphatic heterocycles. The Bertz CT molecular complexity index is 381. The van der Waals surface area contributed by atoms with Crippen LogP contribution in [0.2, 0.25) is 0 Å². The van der Waals surface area contributed by atoms with Crippen molar-refractivity contribution in [1.82, 2.24) is 0 Å². The number of hydrogen-bond acceptors (Lipinski definition) is 4. The smallest absolute Gasteiger partial charge is 0.346 e. The SMILES string of the molecule is CC(=O)OC(=O)c1ccccc1C=O. The minimum atomic E-state index is -0.805. The molecule has 0 aliphatic rings. The molecule has 0 atom stereocenters. The van der Waals surface area contributed by atoms with Gasteiger partial charge < -0.3 is 4.74 Å². The minimum absolute atomic E-state index is 0.0951. The number of carbonyl (C=O) groups excluding carboxylic acids is 3. The van der Waals surface area contributed by atoms with Gasteiger partial charge >= 0.3 is 11.9 Å². The second kappa shape index (κ2) is 4.32. The zero-order chi connectivity index (χ0) is 10.6.